The lowest BCUT2D eigenvalue weighted by Crippen LogP contribution is -2.23. The van der Waals surface area contributed by atoms with Crippen molar-refractivity contribution < 1.29 is 9.50 Å². The Bertz CT molecular complexity index is 847. The molecule has 0 unspecified atom stereocenters. The van der Waals surface area contributed by atoms with E-state index in [1.165, 1.54) is 41.5 Å². The summed E-state index contributed by atoms with van der Waals surface area (Å²) in [5.41, 5.74) is 0.647. The summed E-state index contributed by atoms with van der Waals surface area (Å²) >= 11 is 0. The van der Waals surface area contributed by atoms with E-state index in [1.54, 1.807) is 12.1 Å². The van der Waals surface area contributed by atoms with Gasteiger partial charge in [0.25, 0.3) is 5.56 Å². The van der Waals surface area contributed by atoms with Crippen LogP contribution in [0.5, 0.6) is 0 Å². The van der Waals surface area contributed by atoms with E-state index in [9.17, 15) is 14.3 Å². The number of rotatable bonds is 3. The second-order valence-electron chi connectivity index (χ2n) is 4.67. The minimum absolute atomic E-state index is 0.00749. The highest BCUT2D eigenvalue weighted by Crippen LogP contribution is 2.15. The molecule has 1 aromatic carbocycles. The van der Waals surface area contributed by atoms with Crippen molar-refractivity contribution in [3.8, 4) is 0 Å². The van der Waals surface area contributed by atoms with E-state index in [4.69, 9.17) is 0 Å². The fourth-order valence-corrected chi connectivity index (χ4v) is 2.14. The van der Waals surface area contributed by atoms with Crippen molar-refractivity contribution in [3.05, 3.63) is 70.8 Å². The average molecular weight is 285 g/mol. The van der Waals surface area contributed by atoms with Gasteiger partial charge in [0.05, 0.1) is 36.1 Å². The Kier molecular flexibility index (Phi) is 3.45. The first-order chi connectivity index (χ1) is 10.1. The minimum atomic E-state index is -0.987. The lowest BCUT2D eigenvalue weighted by atomic mass is 10.1. The summed E-state index contributed by atoms with van der Waals surface area (Å²) in [6.45, 7) is 0.00749. The molecule has 3 rings (SSSR count). The number of nitrogens with zero attached hydrogens (tertiary/aromatic N) is 3. The SMILES string of the molecule is O=c1c2ccncc2ncn1C[C@@H](O)c1cccc(F)c1. The zero-order valence-electron chi connectivity index (χ0n) is 11.0. The normalized spacial score (nSPS) is 12.5. The lowest BCUT2D eigenvalue weighted by Gasteiger charge is -2.13. The maximum atomic E-state index is 13.2. The molecule has 0 radical (unpaired) electrons. The first-order valence-electron chi connectivity index (χ1n) is 6.38. The summed E-state index contributed by atoms with van der Waals surface area (Å²) in [6.07, 6.45) is 3.39. The van der Waals surface area contributed by atoms with E-state index in [2.05, 4.69) is 9.97 Å². The maximum absolute atomic E-state index is 13.2. The fraction of sp³-hybridized carbons (Fsp3) is 0.133. The smallest absolute Gasteiger partial charge is 0.261 e. The van der Waals surface area contributed by atoms with Gasteiger partial charge in [-0.1, -0.05) is 12.1 Å². The first-order valence-corrected chi connectivity index (χ1v) is 6.38. The standard InChI is InChI=1S/C15H12FN3O2/c16-11-3-1-2-10(6-11)14(20)8-19-9-18-13-7-17-5-4-12(13)15(19)21/h1-7,9,14,20H,8H2/t14-/m1/s1. The number of pyridine rings is 1. The Morgan fingerprint density at radius 3 is 3.00 bits per heavy atom. The number of halogens is 1. The number of aromatic nitrogens is 3. The average Bonchev–Trinajstić information content (AvgIpc) is 2.50. The second kappa shape index (κ2) is 5.41. The molecule has 0 saturated heterocycles. The van der Waals surface area contributed by atoms with Crippen LogP contribution in [0.1, 0.15) is 11.7 Å². The molecule has 106 valence electrons. The molecule has 1 atom stereocenters. The predicted molar refractivity (Wildman–Crippen MR) is 75.2 cm³/mol. The van der Waals surface area contributed by atoms with E-state index in [0.717, 1.165) is 0 Å². The molecule has 0 aliphatic carbocycles. The lowest BCUT2D eigenvalue weighted by molar-refractivity contribution is 0.154. The zero-order chi connectivity index (χ0) is 14.8. The van der Waals surface area contributed by atoms with Crippen LogP contribution in [0.25, 0.3) is 10.9 Å². The van der Waals surface area contributed by atoms with Crippen LogP contribution < -0.4 is 5.56 Å². The van der Waals surface area contributed by atoms with Crippen LogP contribution in [0.15, 0.2) is 53.8 Å². The molecule has 0 aliphatic rings. The predicted octanol–water partition coefficient (Wildman–Crippen LogP) is 1.66. The quantitative estimate of drug-likeness (QED) is 0.794. The Morgan fingerprint density at radius 2 is 2.19 bits per heavy atom. The van der Waals surface area contributed by atoms with Gasteiger partial charge in [-0.15, -0.1) is 0 Å². The van der Waals surface area contributed by atoms with Gasteiger partial charge in [-0.05, 0) is 23.8 Å². The number of benzene rings is 1. The molecule has 0 amide bonds. The summed E-state index contributed by atoms with van der Waals surface area (Å²) < 4.78 is 14.5. The van der Waals surface area contributed by atoms with Crippen molar-refractivity contribution in [2.45, 2.75) is 12.6 Å². The fourth-order valence-electron chi connectivity index (χ4n) is 2.14. The molecule has 0 spiro atoms. The highest BCUT2D eigenvalue weighted by atomic mass is 19.1. The van der Waals surface area contributed by atoms with Crippen molar-refractivity contribution in [1.82, 2.24) is 14.5 Å². The van der Waals surface area contributed by atoms with E-state index >= 15 is 0 Å². The van der Waals surface area contributed by atoms with Gasteiger partial charge in [-0.3, -0.25) is 14.3 Å². The van der Waals surface area contributed by atoms with Crippen LogP contribution in [0, 0.1) is 5.82 Å². The number of aliphatic hydroxyl groups is 1. The molecular weight excluding hydrogens is 273 g/mol. The number of hydrogen-bond acceptors (Lipinski definition) is 4. The topological polar surface area (TPSA) is 68.0 Å². The summed E-state index contributed by atoms with van der Waals surface area (Å²) in [5.74, 6) is -0.429. The van der Waals surface area contributed by atoms with Crippen LogP contribution in [0.2, 0.25) is 0 Å². The number of hydrogen-bond donors (Lipinski definition) is 1. The van der Waals surface area contributed by atoms with E-state index in [-0.39, 0.29) is 12.1 Å². The molecular formula is C15H12FN3O2. The van der Waals surface area contributed by atoms with Gasteiger partial charge >= 0.3 is 0 Å². The minimum Gasteiger partial charge on any atom is -0.387 e. The van der Waals surface area contributed by atoms with Gasteiger partial charge < -0.3 is 5.11 Å². The van der Waals surface area contributed by atoms with Crippen molar-refractivity contribution in [2.75, 3.05) is 0 Å². The summed E-state index contributed by atoms with van der Waals surface area (Å²) in [4.78, 5) is 20.3. The van der Waals surface area contributed by atoms with Gasteiger partial charge in [0.2, 0.25) is 0 Å². The maximum Gasteiger partial charge on any atom is 0.261 e. The van der Waals surface area contributed by atoms with Crippen LogP contribution in [0.3, 0.4) is 0 Å². The van der Waals surface area contributed by atoms with Crippen LogP contribution >= 0.6 is 0 Å². The number of fused-ring (bicyclic) bond motifs is 1. The zero-order valence-corrected chi connectivity index (χ0v) is 11.0. The second-order valence-corrected chi connectivity index (χ2v) is 4.67. The summed E-state index contributed by atoms with van der Waals surface area (Å²) in [6, 6.07) is 7.24. The largest absolute Gasteiger partial charge is 0.387 e. The van der Waals surface area contributed by atoms with E-state index in [0.29, 0.717) is 16.5 Å². The van der Waals surface area contributed by atoms with Gasteiger partial charge in [0.1, 0.15) is 5.82 Å². The molecule has 0 aliphatic heterocycles. The molecule has 21 heavy (non-hydrogen) atoms. The highest BCUT2D eigenvalue weighted by molar-refractivity contribution is 5.75. The highest BCUT2D eigenvalue weighted by Gasteiger charge is 2.11. The summed E-state index contributed by atoms with van der Waals surface area (Å²) in [7, 11) is 0. The molecule has 1 N–H and O–H groups in total. The number of aliphatic hydroxyl groups excluding tert-OH is 1. The van der Waals surface area contributed by atoms with Crippen molar-refractivity contribution in [3.63, 3.8) is 0 Å². The van der Waals surface area contributed by atoms with Gasteiger partial charge in [0.15, 0.2) is 0 Å². The molecule has 2 aromatic heterocycles. The van der Waals surface area contributed by atoms with Crippen molar-refractivity contribution in [2.24, 2.45) is 0 Å². The van der Waals surface area contributed by atoms with Gasteiger partial charge in [-0.2, -0.15) is 0 Å². The first kappa shape index (κ1) is 13.4. The molecule has 6 heteroatoms. The molecule has 2 heterocycles. The van der Waals surface area contributed by atoms with Crippen molar-refractivity contribution in [1.29, 1.82) is 0 Å². The molecule has 3 aromatic rings. The molecule has 5 nitrogen and oxygen atoms in total. The third-order valence-corrected chi connectivity index (χ3v) is 3.23. The third-order valence-electron chi connectivity index (χ3n) is 3.23. The Labute approximate surface area is 119 Å². The Balaban J connectivity index is 1.95. The van der Waals surface area contributed by atoms with Gasteiger partial charge in [-0.25, -0.2) is 9.37 Å². The van der Waals surface area contributed by atoms with Crippen LogP contribution in [-0.4, -0.2) is 19.6 Å². The van der Waals surface area contributed by atoms with E-state index < -0.39 is 11.9 Å². The Morgan fingerprint density at radius 1 is 1.33 bits per heavy atom. The summed E-state index contributed by atoms with van der Waals surface area (Å²) in [5, 5.41) is 10.6. The van der Waals surface area contributed by atoms with Crippen molar-refractivity contribution >= 4 is 10.9 Å². The molecule has 0 fully saturated rings. The van der Waals surface area contributed by atoms with Crippen LogP contribution in [-0.2, 0) is 6.54 Å². The Hall–Kier alpha value is -2.60. The van der Waals surface area contributed by atoms with Gasteiger partial charge in [0, 0.05) is 6.20 Å². The van der Waals surface area contributed by atoms with E-state index in [1.807, 2.05) is 0 Å². The monoisotopic (exact) mass is 285 g/mol. The molecule has 0 saturated carbocycles. The molecule has 0 bridgehead atoms. The van der Waals surface area contributed by atoms with Crippen LogP contribution in [0.4, 0.5) is 4.39 Å². The third kappa shape index (κ3) is 2.66.